The molecule has 0 spiro atoms. The Morgan fingerprint density at radius 1 is 0.762 bits per heavy atom. The minimum atomic E-state index is 0.477. The molecule has 21 heavy (non-hydrogen) atoms. The van der Waals surface area contributed by atoms with E-state index in [2.05, 4.69) is 35.1 Å². The molecule has 0 heterocycles. The average Bonchev–Trinajstić information content (AvgIpc) is 2.53. The maximum Gasteiger partial charge on any atom is 0.417 e. The second-order valence-corrected chi connectivity index (χ2v) is 5.25. The van der Waals surface area contributed by atoms with Crippen LogP contribution in [0, 0.1) is 0 Å². The number of benzene rings is 1. The van der Waals surface area contributed by atoms with Crippen LogP contribution in [0.1, 0.15) is 50.5 Å². The molecule has 0 amide bonds. The van der Waals surface area contributed by atoms with Crippen LogP contribution >= 0.6 is 0 Å². The monoisotopic (exact) mass is 291 g/mol. The first-order valence-corrected chi connectivity index (χ1v) is 8.04. The molecule has 0 saturated heterocycles. The van der Waals surface area contributed by atoms with Crippen LogP contribution in [0.15, 0.2) is 30.3 Å². The second-order valence-electron chi connectivity index (χ2n) is 5.25. The Kier molecular flexibility index (Phi) is 11.5. The molecule has 0 aliphatic heterocycles. The van der Waals surface area contributed by atoms with Crippen molar-refractivity contribution in [2.45, 2.75) is 51.4 Å². The van der Waals surface area contributed by atoms with Crippen molar-refractivity contribution in [2.24, 2.45) is 0 Å². The van der Waals surface area contributed by atoms with E-state index in [0.29, 0.717) is 6.61 Å². The predicted octanol–water partition coefficient (Wildman–Crippen LogP) is 4.06. The van der Waals surface area contributed by atoms with E-state index in [-0.39, 0.29) is 0 Å². The Labute approximate surface area is 128 Å². The van der Waals surface area contributed by atoms with Gasteiger partial charge < -0.3 is 9.47 Å². The molecular weight excluding hydrogens is 264 g/mol. The van der Waals surface area contributed by atoms with Gasteiger partial charge in [-0.1, -0.05) is 43.2 Å². The van der Waals surface area contributed by atoms with Crippen molar-refractivity contribution >= 4 is 6.47 Å². The summed E-state index contributed by atoms with van der Waals surface area (Å²) in [5.41, 5.74) is 1.44. The van der Waals surface area contributed by atoms with E-state index in [1.165, 1.54) is 37.7 Å². The van der Waals surface area contributed by atoms with E-state index < -0.39 is 0 Å². The average molecular weight is 291 g/mol. The molecule has 1 rings (SSSR count). The van der Waals surface area contributed by atoms with Gasteiger partial charge in [0.25, 0.3) is 0 Å². The molecule has 1 aromatic carbocycles. The highest BCUT2D eigenvalue weighted by atomic mass is 16.5. The number of unbranched alkanes of at least 4 members (excludes halogenated alkanes) is 5. The molecule has 0 aliphatic carbocycles. The summed E-state index contributed by atoms with van der Waals surface area (Å²) in [7, 11) is 0. The molecule has 3 nitrogen and oxygen atoms in total. The molecule has 1 radical (unpaired) electrons. The van der Waals surface area contributed by atoms with Gasteiger partial charge in [0.2, 0.25) is 0 Å². The van der Waals surface area contributed by atoms with E-state index in [1.54, 1.807) is 0 Å². The van der Waals surface area contributed by atoms with Crippen molar-refractivity contribution in [3.05, 3.63) is 35.9 Å². The highest BCUT2D eigenvalue weighted by Crippen LogP contribution is 2.07. The molecule has 0 aromatic heterocycles. The van der Waals surface area contributed by atoms with Gasteiger partial charge in [0.05, 0.1) is 6.61 Å². The smallest absolute Gasteiger partial charge is 0.417 e. The summed E-state index contributed by atoms with van der Waals surface area (Å²) in [6, 6.07) is 10.7. The first-order chi connectivity index (χ1) is 10.4. The Morgan fingerprint density at radius 3 is 2.10 bits per heavy atom. The number of hydrogen-bond acceptors (Lipinski definition) is 3. The highest BCUT2D eigenvalue weighted by molar-refractivity contribution is 5.37. The zero-order chi connectivity index (χ0) is 15.0. The van der Waals surface area contributed by atoms with Crippen LogP contribution in [0.2, 0.25) is 0 Å². The van der Waals surface area contributed by atoms with Crippen LogP contribution < -0.4 is 0 Å². The van der Waals surface area contributed by atoms with Gasteiger partial charge in [0.1, 0.15) is 0 Å². The van der Waals surface area contributed by atoms with Gasteiger partial charge in [0, 0.05) is 13.2 Å². The fraction of sp³-hybridized carbons (Fsp3) is 0.611. The lowest BCUT2D eigenvalue weighted by molar-refractivity contribution is 0.124. The van der Waals surface area contributed by atoms with E-state index in [0.717, 1.165) is 38.9 Å². The molecule has 0 saturated carbocycles. The fourth-order valence-electron chi connectivity index (χ4n) is 2.23. The van der Waals surface area contributed by atoms with Crippen molar-refractivity contribution in [3.8, 4) is 0 Å². The molecule has 0 bridgehead atoms. The van der Waals surface area contributed by atoms with Gasteiger partial charge in [-0.3, -0.25) is 0 Å². The minimum absolute atomic E-state index is 0.477. The zero-order valence-corrected chi connectivity index (χ0v) is 12.9. The standard InChI is InChI=1S/C18H27O3/c19-17-21-16-10-4-9-15-20-14-8-2-1-5-11-18-12-6-3-7-13-18/h3,6-7,12-13H,1-2,4-5,8-11,14-16H2. The molecular formula is C18H27O3. The van der Waals surface area contributed by atoms with E-state index in [9.17, 15) is 4.79 Å². The molecule has 0 unspecified atom stereocenters. The maximum atomic E-state index is 9.80. The Morgan fingerprint density at radius 2 is 1.38 bits per heavy atom. The van der Waals surface area contributed by atoms with Crippen molar-refractivity contribution in [2.75, 3.05) is 19.8 Å². The fourth-order valence-corrected chi connectivity index (χ4v) is 2.23. The van der Waals surface area contributed by atoms with Gasteiger partial charge in [-0.05, 0) is 44.1 Å². The van der Waals surface area contributed by atoms with Crippen LogP contribution in [0.3, 0.4) is 0 Å². The van der Waals surface area contributed by atoms with Gasteiger partial charge in [-0.25, -0.2) is 4.79 Å². The van der Waals surface area contributed by atoms with Crippen molar-refractivity contribution < 1.29 is 14.3 Å². The second kappa shape index (κ2) is 13.6. The molecule has 3 heteroatoms. The third-order valence-corrected chi connectivity index (χ3v) is 3.44. The van der Waals surface area contributed by atoms with E-state index in [4.69, 9.17) is 4.74 Å². The molecule has 0 N–H and O–H groups in total. The van der Waals surface area contributed by atoms with E-state index >= 15 is 0 Å². The van der Waals surface area contributed by atoms with Crippen molar-refractivity contribution in [1.82, 2.24) is 0 Å². The van der Waals surface area contributed by atoms with Crippen molar-refractivity contribution in [3.63, 3.8) is 0 Å². The van der Waals surface area contributed by atoms with E-state index in [1.807, 2.05) is 0 Å². The first kappa shape index (κ1) is 17.7. The van der Waals surface area contributed by atoms with Crippen LogP contribution in [0.25, 0.3) is 0 Å². The van der Waals surface area contributed by atoms with Crippen LogP contribution in [-0.2, 0) is 20.7 Å². The predicted molar refractivity (Wildman–Crippen MR) is 84.9 cm³/mol. The summed E-state index contributed by atoms with van der Waals surface area (Å²) in [6.45, 7) is 3.59. The molecule has 0 fully saturated rings. The SMILES string of the molecule is O=[C]OCCCCCOCCCCCCc1ccccc1. The lowest BCUT2D eigenvalue weighted by Crippen LogP contribution is -1.98. The Hall–Kier alpha value is -1.35. The van der Waals surface area contributed by atoms with Gasteiger partial charge >= 0.3 is 6.47 Å². The van der Waals surface area contributed by atoms with Crippen LogP contribution in [0.5, 0.6) is 0 Å². The molecule has 0 atom stereocenters. The lowest BCUT2D eigenvalue weighted by atomic mass is 10.1. The number of aryl methyl sites for hydroxylation is 1. The lowest BCUT2D eigenvalue weighted by Gasteiger charge is -2.04. The summed E-state index contributed by atoms with van der Waals surface area (Å²) >= 11 is 0. The molecule has 0 aliphatic rings. The normalized spacial score (nSPS) is 10.5. The van der Waals surface area contributed by atoms with Gasteiger partial charge in [0.15, 0.2) is 0 Å². The molecule has 117 valence electrons. The van der Waals surface area contributed by atoms with Crippen LogP contribution in [-0.4, -0.2) is 26.3 Å². The summed E-state index contributed by atoms with van der Waals surface area (Å²) in [5.74, 6) is 0. The summed E-state index contributed by atoms with van der Waals surface area (Å²) in [4.78, 5) is 9.80. The number of hydrogen-bond donors (Lipinski definition) is 0. The summed E-state index contributed by atoms with van der Waals surface area (Å²) in [5, 5.41) is 0. The van der Waals surface area contributed by atoms with Gasteiger partial charge in [-0.2, -0.15) is 0 Å². The number of ether oxygens (including phenoxy) is 2. The maximum absolute atomic E-state index is 9.80. The highest BCUT2D eigenvalue weighted by Gasteiger charge is 1.94. The van der Waals surface area contributed by atoms with Crippen molar-refractivity contribution in [1.29, 1.82) is 0 Å². The minimum Gasteiger partial charge on any atom is -0.457 e. The third kappa shape index (κ3) is 11.0. The first-order valence-electron chi connectivity index (χ1n) is 8.04. The third-order valence-electron chi connectivity index (χ3n) is 3.44. The van der Waals surface area contributed by atoms with Crippen LogP contribution in [0.4, 0.5) is 0 Å². The zero-order valence-electron chi connectivity index (χ0n) is 12.9. The number of rotatable bonds is 14. The topological polar surface area (TPSA) is 35.5 Å². The summed E-state index contributed by atoms with van der Waals surface area (Å²) in [6.07, 6.45) is 9.10. The quantitative estimate of drug-likeness (QED) is 0.485. The Bertz CT molecular complexity index is 338. The van der Waals surface area contributed by atoms with Gasteiger partial charge in [-0.15, -0.1) is 0 Å². The Balaban J connectivity index is 1.76. The summed E-state index contributed by atoms with van der Waals surface area (Å²) < 4.78 is 10.1. The molecule has 1 aromatic rings. The largest absolute Gasteiger partial charge is 0.457 e. The number of carbonyl (C=O) groups excluding carboxylic acids is 1.